The number of aliphatic hydroxyl groups is 1. The fraction of sp³-hybridized carbons (Fsp3) is 0.421. The molecule has 1 atom stereocenters. The highest BCUT2D eigenvalue weighted by Gasteiger charge is 2.71. The number of rotatable bonds is 6. The van der Waals surface area contributed by atoms with E-state index in [-0.39, 0.29) is 11.5 Å². The van der Waals surface area contributed by atoms with Gasteiger partial charge in [-0.05, 0) is 48.4 Å². The molecule has 2 rings (SSSR count). The maximum atomic E-state index is 12.7. The van der Waals surface area contributed by atoms with Gasteiger partial charge in [0.1, 0.15) is 21.5 Å². The number of carbonyl (C=O) groups excluding carboxylic acids is 1. The van der Waals surface area contributed by atoms with Crippen LogP contribution in [0.15, 0.2) is 36.4 Å². The van der Waals surface area contributed by atoms with Crippen molar-refractivity contribution in [2.75, 3.05) is 6.61 Å². The van der Waals surface area contributed by atoms with E-state index in [1.165, 1.54) is 30.3 Å². The smallest absolute Gasteiger partial charge is 0.429 e. The van der Waals surface area contributed by atoms with Crippen molar-refractivity contribution in [3.8, 4) is 11.5 Å². The molecular weight excluding hydrogens is 533 g/mol. The van der Waals surface area contributed by atoms with Crippen LogP contribution in [0.3, 0.4) is 0 Å². The average molecular weight is 550 g/mol. The Kier molecular flexibility index (Phi) is 6.87. The summed E-state index contributed by atoms with van der Waals surface area (Å²) in [6.45, 7) is 1.49. The van der Waals surface area contributed by atoms with E-state index in [9.17, 15) is 31.1 Å². The van der Waals surface area contributed by atoms with Crippen LogP contribution in [0.25, 0.3) is 10.8 Å². The zero-order valence-corrected chi connectivity index (χ0v) is 17.9. The monoisotopic (exact) mass is 550 g/mol. The first-order valence-electron chi connectivity index (χ1n) is 8.54. The minimum atomic E-state index is -5.97. The van der Waals surface area contributed by atoms with Gasteiger partial charge in [-0.2, -0.15) is 26.3 Å². The highest BCUT2D eigenvalue weighted by atomic mass is 127. The highest BCUT2D eigenvalue weighted by molar-refractivity contribution is 14.1. The van der Waals surface area contributed by atoms with Gasteiger partial charge in [0.2, 0.25) is 0 Å². The molecule has 0 aliphatic rings. The van der Waals surface area contributed by atoms with Gasteiger partial charge in [-0.25, -0.2) is 0 Å². The summed E-state index contributed by atoms with van der Waals surface area (Å²) < 4.78 is 85.5. The van der Waals surface area contributed by atoms with Crippen LogP contribution in [-0.2, 0) is 4.79 Å². The van der Waals surface area contributed by atoms with Crippen molar-refractivity contribution >= 4 is 39.3 Å². The largest absolute Gasteiger partial charge is 0.490 e. The molecule has 0 aliphatic heterocycles. The van der Waals surface area contributed by atoms with Gasteiger partial charge in [0.05, 0.1) is 0 Å². The Morgan fingerprint density at radius 1 is 0.967 bits per heavy atom. The first kappa shape index (κ1) is 24.5. The van der Waals surface area contributed by atoms with Gasteiger partial charge in [-0.1, -0.05) is 41.6 Å². The molecule has 0 spiro atoms. The SMILES string of the molecule is CCC(C)(I)C(=O)Oc1ccc2cc(OCC(O)(C(F)(F)F)C(F)(F)F)ccc2c1. The first-order valence-corrected chi connectivity index (χ1v) is 9.62. The van der Waals surface area contributed by atoms with Gasteiger partial charge in [-0.15, -0.1) is 0 Å². The number of benzene rings is 2. The van der Waals surface area contributed by atoms with E-state index in [0.29, 0.717) is 17.2 Å². The summed E-state index contributed by atoms with van der Waals surface area (Å²) in [5.74, 6) is -0.519. The molecule has 2 aromatic carbocycles. The van der Waals surface area contributed by atoms with Crippen molar-refractivity contribution in [3.05, 3.63) is 36.4 Å². The van der Waals surface area contributed by atoms with E-state index >= 15 is 0 Å². The van der Waals surface area contributed by atoms with E-state index in [4.69, 9.17) is 9.84 Å². The zero-order chi connectivity index (χ0) is 23.0. The van der Waals surface area contributed by atoms with Crippen LogP contribution in [-0.4, -0.2) is 39.1 Å². The lowest BCUT2D eigenvalue weighted by atomic mass is 10.0. The fourth-order valence-electron chi connectivity index (χ4n) is 2.23. The van der Waals surface area contributed by atoms with Crippen LogP contribution in [0.5, 0.6) is 11.5 Å². The predicted molar refractivity (Wildman–Crippen MR) is 105 cm³/mol. The topological polar surface area (TPSA) is 55.8 Å². The molecule has 0 saturated carbocycles. The molecule has 0 aromatic heterocycles. The number of esters is 1. The van der Waals surface area contributed by atoms with Crippen LogP contribution in [0.2, 0.25) is 0 Å². The quantitative estimate of drug-likeness (QED) is 0.168. The molecule has 1 N–H and O–H groups in total. The van der Waals surface area contributed by atoms with Crippen LogP contribution < -0.4 is 9.47 Å². The first-order chi connectivity index (χ1) is 13.6. The standard InChI is InChI=1S/C19H17F6IO4/c1-3-16(2,26)15(27)30-14-7-5-11-8-13(6-4-12(11)9-14)29-10-17(28,18(20,21)22)19(23,24)25/h4-9,28H,3,10H2,1-2H3. The number of hydrogen-bond acceptors (Lipinski definition) is 4. The van der Waals surface area contributed by atoms with Crippen LogP contribution in [0, 0.1) is 0 Å². The van der Waals surface area contributed by atoms with Crippen molar-refractivity contribution in [2.45, 2.75) is 41.6 Å². The molecule has 1 unspecified atom stereocenters. The summed E-state index contributed by atoms with van der Waals surface area (Å²) in [6, 6.07) is 8.15. The second kappa shape index (κ2) is 8.40. The fourth-order valence-corrected chi connectivity index (χ4v) is 2.34. The van der Waals surface area contributed by atoms with E-state index in [1.54, 1.807) is 6.92 Å². The number of hydrogen-bond donors (Lipinski definition) is 1. The van der Waals surface area contributed by atoms with Gasteiger partial charge in [0.25, 0.3) is 5.60 Å². The van der Waals surface area contributed by atoms with Crippen molar-refractivity contribution in [2.24, 2.45) is 0 Å². The van der Waals surface area contributed by atoms with E-state index in [2.05, 4.69) is 4.74 Å². The van der Waals surface area contributed by atoms with E-state index in [1.807, 2.05) is 29.5 Å². The highest BCUT2D eigenvalue weighted by Crippen LogP contribution is 2.43. The van der Waals surface area contributed by atoms with Crippen molar-refractivity contribution in [1.29, 1.82) is 0 Å². The number of alkyl halides is 7. The third-order valence-electron chi connectivity index (χ3n) is 4.47. The lowest BCUT2D eigenvalue weighted by Gasteiger charge is -2.31. The molecule has 0 fully saturated rings. The Bertz CT molecular complexity index is 909. The second-order valence-electron chi connectivity index (χ2n) is 6.76. The van der Waals surface area contributed by atoms with Gasteiger partial charge in [-0.3, -0.25) is 4.79 Å². The van der Waals surface area contributed by atoms with Gasteiger partial charge in [0.15, 0.2) is 0 Å². The third-order valence-corrected chi connectivity index (χ3v) is 5.67. The third kappa shape index (κ3) is 5.10. The average Bonchev–Trinajstić information content (AvgIpc) is 2.64. The maximum absolute atomic E-state index is 12.7. The van der Waals surface area contributed by atoms with Crippen LogP contribution in [0.1, 0.15) is 20.3 Å². The number of halogens is 7. The molecule has 0 aliphatic carbocycles. The molecule has 166 valence electrons. The predicted octanol–water partition coefficient (Wildman–Crippen LogP) is 5.58. The lowest BCUT2D eigenvalue weighted by molar-refractivity contribution is -0.373. The Hall–Kier alpha value is -1.76. The molecule has 0 amide bonds. The van der Waals surface area contributed by atoms with Gasteiger partial charge in [0, 0.05) is 0 Å². The maximum Gasteiger partial charge on any atom is 0.429 e. The molecule has 30 heavy (non-hydrogen) atoms. The normalized spacial score (nSPS) is 15.0. The van der Waals surface area contributed by atoms with Crippen LogP contribution in [0.4, 0.5) is 26.3 Å². The van der Waals surface area contributed by atoms with Crippen molar-refractivity contribution in [1.82, 2.24) is 0 Å². The Balaban J connectivity index is 2.21. The summed E-state index contributed by atoms with van der Waals surface area (Å²) in [6.07, 6.45) is -11.4. The van der Waals surface area contributed by atoms with Crippen molar-refractivity contribution < 1.29 is 45.7 Å². The lowest BCUT2D eigenvalue weighted by Crippen LogP contribution is -2.60. The molecular formula is C19H17F6IO4. The summed E-state index contributed by atoms with van der Waals surface area (Å²) in [5.41, 5.74) is -5.00. The molecule has 0 radical (unpaired) electrons. The Morgan fingerprint density at radius 3 is 1.90 bits per heavy atom. The number of ether oxygens (including phenoxy) is 2. The van der Waals surface area contributed by atoms with Crippen molar-refractivity contribution in [3.63, 3.8) is 0 Å². The number of fused-ring (bicyclic) bond motifs is 1. The summed E-state index contributed by atoms with van der Waals surface area (Å²) in [5, 5.41) is 10.1. The molecule has 11 heteroatoms. The second-order valence-corrected chi connectivity index (χ2v) is 9.14. The van der Waals surface area contributed by atoms with E-state index < -0.39 is 34.0 Å². The molecule has 0 saturated heterocycles. The molecule has 0 heterocycles. The minimum Gasteiger partial charge on any atom is -0.490 e. The Morgan fingerprint density at radius 2 is 1.43 bits per heavy atom. The molecule has 2 aromatic rings. The summed E-state index contributed by atoms with van der Waals surface area (Å²) >= 11 is 1.97. The van der Waals surface area contributed by atoms with Gasteiger partial charge >= 0.3 is 18.3 Å². The summed E-state index contributed by atoms with van der Waals surface area (Å²) in [4.78, 5) is 12.1. The van der Waals surface area contributed by atoms with Crippen LogP contribution >= 0.6 is 22.6 Å². The summed E-state index contributed by atoms with van der Waals surface area (Å²) in [7, 11) is 0. The molecule has 4 nitrogen and oxygen atoms in total. The van der Waals surface area contributed by atoms with E-state index in [0.717, 1.165) is 6.07 Å². The molecule has 0 bridgehead atoms. The zero-order valence-electron chi connectivity index (χ0n) is 15.7. The number of carbonyl (C=O) groups is 1. The van der Waals surface area contributed by atoms with Gasteiger partial charge < -0.3 is 14.6 Å². The Labute approximate surface area is 181 Å². The minimum absolute atomic E-state index is 0.237.